The van der Waals surface area contributed by atoms with Crippen molar-refractivity contribution in [3.8, 4) is 0 Å². The molecule has 0 aliphatic rings. The molecule has 82 valence electrons. The minimum Gasteiger partial charge on any atom is -0.326 e. The Morgan fingerprint density at radius 3 is 2.62 bits per heavy atom. The van der Waals surface area contributed by atoms with Crippen molar-refractivity contribution in [2.45, 2.75) is 16.6 Å². The summed E-state index contributed by atoms with van der Waals surface area (Å²) in [5, 5.41) is 0.586. The third-order valence-electron chi connectivity index (χ3n) is 1.92. The van der Waals surface area contributed by atoms with E-state index in [1.54, 1.807) is 18.5 Å². The zero-order valence-electron chi connectivity index (χ0n) is 8.43. The molecule has 0 radical (unpaired) electrons. The van der Waals surface area contributed by atoms with E-state index in [-0.39, 0.29) is 5.82 Å². The van der Waals surface area contributed by atoms with Crippen molar-refractivity contribution in [2.75, 3.05) is 0 Å². The van der Waals surface area contributed by atoms with Gasteiger partial charge in [-0.15, -0.1) is 0 Å². The Balaban J connectivity index is 2.14. The van der Waals surface area contributed by atoms with Crippen LogP contribution in [0.5, 0.6) is 0 Å². The molecule has 0 saturated heterocycles. The quantitative estimate of drug-likeness (QED) is 0.829. The first-order chi connectivity index (χ1) is 7.78. The molecular weight excluding hydrogens is 225 g/mol. The summed E-state index contributed by atoms with van der Waals surface area (Å²) in [6, 6.07) is 6.33. The Morgan fingerprint density at radius 1 is 1.25 bits per heavy atom. The van der Waals surface area contributed by atoms with E-state index in [1.165, 1.54) is 23.9 Å². The first-order valence-electron chi connectivity index (χ1n) is 4.72. The van der Waals surface area contributed by atoms with Crippen molar-refractivity contribution in [1.29, 1.82) is 0 Å². The number of nitrogens with zero attached hydrogens (tertiary/aromatic N) is 2. The van der Waals surface area contributed by atoms with E-state index in [2.05, 4.69) is 9.97 Å². The van der Waals surface area contributed by atoms with Crippen LogP contribution in [0.4, 0.5) is 4.39 Å². The molecule has 1 heterocycles. The lowest BCUT2D eigenvalue weighted by Crippen LogP contribution is -1.98. The van der Waals surface area contributed by atoms with Crippen LogP contribution in [0.1, 0.15) is 5.56 Å². The third kappa shape index (κ3) is 2.77. The molecule has 5 heteroatoms. The second-order valence-electron chi connectivity index (χ2n) is 3.14. The lowest BCUT2D eigenvalue weighted by atomic mass is 10.3. The van der Waals surface area contributed by atoms with E-state index in [1.807, 2.05) is 6.07 Å². The first-order valence-corrected chi connectivity index (χ1v) is 5.54. The van der Waals surface area contributed by atoms with Gasteiger partial charge in [0, 0.05) is 29.4 Å². The molecule has 2 rings (SSSR count). The Labute approximate surface area is 96.9 Å². The maximum atomic E-state index is 12.9. The van der Waals surface area contributed by atoms with Gasteiger partial charge in [-0.1, -0.05) is 6.07 Å². The van der Waals surface area contributed by atoms with Gasteiger partial charge < -0.3 is 5.73 Å². The Kier molecular flexibility index (Phi) is 3.48. The van der Waals surface area contributed by atoms with Crippen molar-refractivity contribution >= 4 is 11.8 Å². The van der Waals surface area contributed by atoms with E-state index < -0.39 is 0 Å². The van der Waals surface area contributed by atoms with Crippen molar-refractivity contribution in [3.63, 3.8) is 0 Å². The molecular formula is C11H10FN3S. The molecule has 0 saturated carbocycles. The normalized spacial score (nSPS) is 10.4. The molecule has 0 atom stereocenters. The van der Waals surface area contributed by atoms with Crippen LogP contribution in [0.2, 0.25) is 0 Å². The van der Waals surface area contributed by atoms with Crippen LogP contribution in [-0.2, 0) is 6.54 Å². The first kappa shape index (κ1) is 11.0. The molecule has 0 bridgehead atoms. The van der Waals surface area contributed by atoms with Gasteiger partial charge in [-0.05, 0) is 30.0 Å². The lowest BCUT2D eigenvalue weighted by Gasteiger charge is -2.00. The van der Waals surface area contributed by atoms with E-state index in [9.17, 15) is 4.39 Å². The number of hydrogen-bond donors (Lipinski definition) is 1. The summed E-state index contributed by atoms with van der Waals surface area (Å²) in [6.45, 7) is 0.422. The summed E-state index contributed by atoms with van der Waals surface area (Å²) in [5.74, 6) is -0.261. The van der Waals surface area contributed by atoms with Gasteiger partial charge in [-0.3, -0.25) is 0 Å². The zero-order chi connectivity index (χ0) is 11.4. The third-order valence-corrected chi connectivity index (χ3v) is 2.81. The fourth-order valence-electron chi connectivity index (χ4n) is 1.14. The van der Waals surface area contributed by atoms with Crippen molar-refractivity contribution in [3.05, 3.63) is 48.0 Å². The lowest BCUT2D eigenvalue weighted by molar-refractivity contribution is 0.624. The van der Waals surface area contributed by atoms with Crippen molar-refractivity contribution in [1.82, 2.24) is 9.97 Å². The summed E-state index contributed by atoms with van der Waals surface area (Å²) in [7, 11) is 0. The molecule has 1 aromatic carbocycles. The minimum absolute atomic E-state index is 0.261. The summed E-state index contributed by atoms with van der Waals surface area (Å²) < 4.78 is 12.9. The maximum Gasteiger partial charge on any atom is 0.192 e. The van der Waals surface area contributed by atoms with Crippen molar-refractivity contribution < 1.29 is 4.39 Å². The highest BCUT2D eigenvalue weighted by molar-refractivity contribution is 7.99. The Bertz CT molecular complexity index is 473. The number of hydrogen-bond acceptors (Lipinski definition) is 4. The molecule has 0 amide bonds. The monoisotopic (exact) mass is 235 g/mol. The van der Waals surface area contributed by atoms with Gasteiger partial charge in [0.1, 0.15) is 5.82 Å². The van der Waals surface area contributed by atoms with E-state index in [0.717, 1.165) is 10.5 Å². The summed E-state index contributed by atoms with van der Waals surface area (Å²) >= 11 is 1.32. The topological polar surface area (TPSA) is 51.8 Å². The summed E-state index contributed by atoms with van der Waals surface area (Å²) in [5.41, 5.74) is 6.31. The number of nitrogens with two attached hydrogens (primary N) is 1. The summed E-state index contributed by atoms with van der Waals surface area (Å²) in [4.78, 5) is 9.03. The molecule has 0 fully saturated rings. The number of rotatable bonds is 3. The van der Waals surface area contributed by atoms with Crippen LogP contribution >= 0.6 is 11.8 Å². The molecule has 1 aromatic heterocycles. The Morgan fingerprint density at radius 2 is 2.00 bits per heavy atom. The molecule has 2 N–H and O–H groups in total. The van der Waals surface area contributed by atoms with Crippen LogP contribution in [0, 0.1) is 5.82 Å². The fraction of sp³-hybridized carbons (Fsp3) is 0.0909. The smallest absolute Gasteiger partial charge is 0.192 e. The average molecular weight is 235 g/mol. The predicted octanol–water partition coefficient (Wildman–Crippen LogP) is 2.23. The van der Waals surface area contributed by atoms with Crippen LogP contribution < -0.4 is 5.73 Å². The van der Waals surface area contributed by atoms with Gasteiger partial charge >= 0.3 is 0 Å². The van der Waals surface area contributed by atoms with Crippen LogP contribution in [-0.4, -0.2) is 9.97 Å². The molecule has 2 aromatic rings. The fourth-order valence-corrected chi connectivity index (χ4v) is 1.88. The highest BCUT2D eigenvalue weighted by atomic mass is 32.2. The maximum absolute atomic E-state index is 12.9. The minimum atomic E-state index is -0.261. The van der Waals surface area contributed by atoms with Gasteiger partial charge in [0.05, 0.1) is 0 Å². The van der Waals surface area contributed by atoms with Gasteiger partial charge in [-0.25, -0.2) is 14.4 Å². The molecule has 0 unspecified atom stereocenters. The standard InChI is InChI=1S/C11H10FN3S/c12-9-2-1-3-10(4-9)16-11-14-6-8(5-13)7-15-11/h1-4,6-7H,5,13H2. The molecule has 0 aliphatic carbocycles. The largest absolute Gasteiger partial charge is 0.326 e. The van der Waals surface area contributed by atoms with Crippen LogP contribution in [0.25, 0.3) is 0 Å². The van der Waals surface area contributed by atoms with E-state index in [0.29, 0.717) is 11.7 Å². The highest BCUT2D eigenvalue weighted by Crippen LogP contribution is 2.24. The van der Waals surface area contributed by atoms with E-state index in [4.69, 9.17) is 5.73 Å². The highest BCUT2D eigenvalue weighted by Gasteiger charge is 2.01. The van der Waals surface area contributed by atoms with E-state index >= 15 is 0 Å². The Hall–Kier alpha value is -1.46. The average Bonchev–Trinajstić information content (AvgIpc) is 2.30. The molecule has 0 spiro atoms. The van der Waals surface area contributed by atoms with Gasteiger partial charge in [-0.2, -0.15) is 0 Å². The van der Waals surface area contributed by atoms with Crippen LogP contribution in [0.15, 0.2) is 46.7 Å². The summed E-state index contributed by atoms with van der Waals surface area (Å²) in [6.07, 6.45) is 3.35. The van der Waals surface area contributed by atoms with Crippen molar-refractivity contribution in [2.24, 2.45) is 5.73 Å². The molecule has 0 aliphatic heterocycles. The number of halogens is 1. The SMILES string of the molecule is NCc1cnc(Sc2cccc(F)c2)nc1. The second-order valence-corrected chi connectivity index (χ2v) is 4.18. The number of benzene rings is 1. The second kappa shape index (κ2) is 5.05. The predicted molar refractivity (Wildman–Crippen MR) is 60.4 cm³/mol. The van der Waals surface area contributed by atoms with Gasteiger partial charge in [0.15, 0.2) is 5.16 Å². The van der Waals surface area contributed by atoms with Crippen LogP contribution in [0.3, 0.4) is 0 Å². The molecule has 16 heavy (non-hydrogen) atoms. The van der Waals surface area contributed by atoms with Gasteiger partial charge in [0.25, 0.3) is 0 Å². The van der Waals surface area contributed by atoms with Gasteiger partial charge in [0.2, 0.25) is 0 Å². The zero-order valence-corrected chi connectivity index (χ0v) is 9.25. The molecule has 3 nitrogen and oxygen atoms in total. The number of aromatic nitrogens is 2.